The summed E-state index contributed by atoms with van der Waals surface area (Å²) in [4.78, 5) is 0. The minimum Gasteiger partial charge on any atom is -0.491 e. The molecule has 1 heterocycles. The van der Waals surface area contributed by atoms with Crippen LogP contribution in [-0.2, 0) is 4.74 Å². The maximum Gasteiger partial charge on any atom is 0.149 e. The van der Waals surface area contributed by atoms with E-state index in [2.05, 4.69) is 0 Å². The lowest BCUT2D eigenvalue weighted by molar-refractivity contribution is 0.0498. The highest BCUT2D eigenvalue weighted by Crippen LogP contribution is 2.25. The SMILES string of the molecule is Nc1c(F)cccc1OCC1CCOCC1. The smallest absolute Gasteiger partial charge is 0.149 e. The third-order valence-electron chi connectivity index (χ3n) is 2.83. The Kier molecular flexibility index (Phi) is 3.62. The van der Waals surface area contributed by atoms with Crippen LogP contribution in [0.25, 0.3) is 0 Å². The van der Waals surface area contributed by atoms with E-state index >= 15 is 0 Å². The van der Waals surface area contributed by atoms with Crippen molar-refractivity contribution in [2.45, 2.75) is 12.8 Å². The first-order valence-electron chi connectivity index (χ1n) is 5.52. The molecule has 0 spiro atoms. The molecule has 1 fully saturated rings. The van der Waals surface area contributed by atoms with Crippen molar-refractivity contribution in [2.75, 3.05) is 25.6 Å². The first kappa shape index (κ1) is 11.2. The number of ether oxygens (including phenoxy) is 2. The maximum absolute atomic E-state index is 13.1. The third-order valence-corrected chi connectivity index (χ3v) is 2.83. The highest BCUT2D eigenvalue weighted by atomic mass is 19.1. The number of nitrogen functional groups attached to an aromatic ring is 1. The summed E-state index contributed by atoms with van der Waals surface area (Å²) in [5, 5.41) is 0. The molecule has 2 N–H and O–H groups in total. The number of halogens is 1. The molecule has 1 saturated heterocycles. The second-order valence-electron chi connectivity index (χ2n) is 4.02. The van der Waals surface area contributed by atoms with Crippen LogP contribution in [0.4, 0.5) is 10.1 Å². The van der Waals surface area contributed by atoms with Gasteiger partial charge < -0.3 is 15.2 Å². The molecule has 0 unspecified atom stereocenters. The van der Waals surface area contributed by atoms with Crippen LogP contribution in [0, 0.1) is 11.7 Å². The van der Waals surface area contributed by atoms with Crippen molar-refractivity contribution < 1.29 is 13.9 Å². The minimum atomic E-state index is -0.426. The molecule has 0 bridgehead atoms. The van der Waals surface area contributed by atoms with Gasteiger partial charge in [0.2, 0.25) is 0 Å². The summed E-state index contributed by atoms with van der Waals surface area (Å²) in [6.45, 7) is 2.15. The van der Waals surface area contributed by atoms with Gasteiger partial charge in [0.1, 0.15) is 17.3 Å². The summed E-state index contributed by atoms with van der Waals surface area (Å²) < 4.78 is 23.9. The normalized spacial score (nSPS) is 17.3. The summed E-state index contributed by atoms with van der Waals surface area (Å²) >= 11 is 0. The molecule has 0 aliphatic carbocycles. The summed E-state index contributed by atoms with van der Waals surface area (Å²) in [7, 11) is 0. The van der Waals surface area contributed by atoms with Crippen LogP contribution in [-0.4, -0.2) is 19.8 Å². The average molecular weight is 225 g/mol. The lowest BCUT2D eigenvalue weighted by Crippen LogP contribution is -2.21. The van der Waals surface area contributed by atoms with E-state index < -0.39 is 5.82 Å². The van der Waals surface area contributed by atoms with Gasteiger partial charge in [-0.3, -0.25) is 0 Å². The first-order valence-corrected chi connectivity index (χ1v) is 5.52. The Morgan fingerprint density at radius 2 is 2.12 bits per heavy atom. The molecule has 88 valence electrons. The molecule has 1 aromatic carbocycles. The van der Waals surface area contributed by atoms with Crippen LogP contribution >= 0.6 is 0 Å². The molecular formula is C12H16FNO2. The molecule has 0 amide bonds. The summed E-state index contributed by atoms with van der Waals surface area (Å²) in [6.07, 6.45) is 1.99. The van der Waals surface area contributed by atoms with Crippen LogP contribution < -0.4 is 10.5 Å². The number of hydrogen-bond acceptors (Lipinski definition) is 3. The van der Waals surface area contributed by atoms with Crippen molar-refractivity contribution in [2.24, 2.45) is 5.92 Å². The van der Waals surface area contributed by atoms with Gasteiger partial charge in [-0.1, -0.05) is 6.07 Å². The highest BCUT2D eigenvalue weighted by Gasteiger charge is 2.15. The molecular weight excluding hydrogens is 209 g/mol. The summed E-state index contributed by atoms with van der Waals surface area (Å²) in [5.41, 5.74) is 5.67. The zero-order chi connectivity index (χ0) is 11.4. The van der Waals surface area contributed by atoms with E-state index in [1.54, 1.807) is 12.1 Å². The number of nitrogens with two attached hydrogens (primary N) is 1. The average Bonchev–Trinajstić information content (AvgIpc) is 2.32. The van der Waals surface area contributed by atoms with E-state index in [1.807, 2.05) is 0 Å². The molecule has 0 saturated carbocycles. The lowest BCUT2D eigenvalue weighted by Gasteiger charge is -2.22. The lowest BCUT2D eigenvalue weighted by atomic mass is 10.0. The summed E-state index contributed by atoms with van der Waals surface area (Å²) in [5.74, 6) is 0.493. The molecule has 2 rings (SSSR count). The van der Waals surface area contributed by atoms with Crippen molar-refractivity contribution in [1.29, 1.82) is 0 Å². The van der Waals surface area contributed by atoms with E-state index in [-0.39, 0.29) is 5.69 Å². The van der Waals surface area contributed by atoms with Gasteiger partial charge in [-0.2, -0.15) is 0 Å². The van der Waals surface area contributed by atoms with Gasteiger partial charge in [0.25, 0.3) is 0 Å². The first-order chi connectivity index (χ1) is 7.77. The molecule has 16 heavy (non-hydrogen) atoms. The van der Waals surface area contributed by atoms with Gasteiger partial charge in [-0.15, -0.1) is 0 Å². The molecule has 1 aliphatic rings. The number of anilines is 1. The van der Waals surface area contributed by atoms with Gasteiger partial charge >= 0.3 is 0 Å². The van der Waals surface area contributed by atoms with E-state index in [0.29, 0.717) is 18.3 Å². The number of benzene rings is 1. The molecule has 4 heteroatoms. The molecule has 0 radical (unpaired) electrons. The zero-order valence-corrected chi connectivity index (χ0v) is 9.12. The van der Waals surface area contributed by atoms with E-state index in [0.717, 1.165) is 26.1 Å². The number of para-hydroxylation sites is 1. The van der Waals surface area contributed by atoms with Gasteiger partial charge in [0.05, 0.1) is 6.61 Å². The second kappa shape index (κ2) is 5.16. The van der Waals surface area contributed by atoms with Gasteiger partial charge in [0.15, 0.2) is 0 Å². The molecule has 3 nitrogen and oxygen atoms in total. The molecule has 1 aromatic rings. The monoisotopic (exact) mass is 225 g/mol. The Hall–Kier alpha value is -1.29. The van der Waals surface area contributed by atoms with Crippen LogP contribution in [0.5, 0.6) is 5.75 Å². The van der Waals surface area contributed by atoms with Crippen molar-refractivity contribution >= 4 is 5.69 Å². The standard InChI is InChI=1S/C12H16FNO2/c13-10-2-1-3-11(12(10)14)16-8-9-4-6-15-7-5-9/h1-3,9H,4-8,14H2. The quantitative estimate of drug-likeness (QED) is 0.802. The highest BCUT2D eigenvalue weighted by molar-refractivity contribution is 5.53. The number of hydrogen-bond donors (Lipinski definition) is 1. The van der Waals surface area contributed by atoms with E-state index in [1.165, 1.54) is 6.07 Å². The molecule has 0 atom stereocenters. The topological polar surface area (TPSA) is 44.5 Å². The van der Waals surface area contributed by atoms with E-state index in [4.69, 9.17) is 15.2 Å². The van der Waals surface area contributed by atoms with Crippen molar-refractivity contribution in [1.82, 2.24) is 0 Å². The Labute approximate surface area is 94.3 Å². The predicted octanol–water partition coefficient (Wildman–Crippen LogP) is 2.21. The predicted molar refractivity (Wildman–Crippen MR) is 59.9 cm³/mol. The summed E-state index contributed by atoms with van der Waals surface area (Å²) in [6, 6.07) is 4.62. The van der Waals surface area contributed by atoms with Crippen LogP contribution in [0.1, 0.15) is 12.8 Å². The third kappa shape index (κ3) is 2.64. The Morgan fingerprint density at radius 1 is 1.38 bits per heavy atom. The second-order valence-corrected chi connectivity index (χ2v) is 4.02. The van der Waals surface area contributed by atoms with Crippen molar-refractivity contribution in [3.63, 3.8) is 0 Å². The van der Waals surface area contributed by atoms with Crippen LogP contribution in [0.15, 0.2) is 18.2 Å². The van der Waals surface area contributed by atoms with Crippen LogP contribution in [0.3, 0.4) is 0 Å². The van der Waals surface area contributed by atoms with Crippen molar-refractivity contribution in [3.05, 3.63) is 24.0 Å². The Balaban J connectivity index is 1.91. The zero-order valence-electron chi connectivity index (χ0n) is 9.12. The number of rotatable bonds is 3. The Bertz CT molecular complexity index is 351. The Morgan fingerprint density at radius 3 is 2.88 bits per heavy atom. The fraction of sp³-hybridized carbons (Fsp3) is 0.500. The van der Waals surface area contributed by atoms with E-state index in [9.17, 15) is 4.39 Å². The largest absolute Gasteiger partial charge is 0.491 e. The molecule has 1 aliphatic heterocycles. The van der Waals surface area contributed by atoms with Crippen LogP contribution in [0.2, 0.25) is 0 Å². The van der Waals surface area contributed by atoms with Crippen molar-refractivity contribution in [3.8, 4) is 5.75 Å². The van der Waals surface area contributed by atoms with Gasteiger partial charge in [-0.25, -0.2) is 4.39 Å². The van der Waals surface area contributed by atoms with Gasteiger partial charge in [-0.05, 0) is 30.9 Å². The fourth-order valence-electron chi connectivity index (χ4n) is 1.76. The van der Waals surface area contributed by atoms with Gasteiger partial charge in [0, 0.05) is 13.2 Å². The molecule has 0 aromatic heterocycles. The minimum absolute atomic E-state index is 0.0922. The maximum atomic E-state index is 13.1. The fourth-order valence-corrected chi connectivity index (χ4v) is 1.76.